The molecule has 1 atom stereocenters. The number of hydrogen-bond donors (Lipinski definition) is 4. The normalized spacial score (nSPS) is 10.0. The van der Waals surface area contributed by atoms with Crippen molar-refractivity contribution in [3.63, 3.8) is 0 Å². The molecule has 0 spiro atoms. The second-order valence-electron chi connectivity index (χ2n) is 27.8. The summed E-state index contributed by atoms with van der Waals surface area (Å²) >= 11 is 3.25. The van der Waals surface area contributed by atoms with Gasteiger partial charge in [0.25, 0.3) is 0 Å². The van der Waals surface area contributed by atoms with E-state index in [2.05, 4.69) is 57.5 Å². The van der Waals surface area contributed by atoms with E-state index in [0.29, 0.717) is 109 Å². The first kappa shape index (κ1) is 109. The molecule has 0 aliphatic carbocycles. The highest BCUT2D eigenvalue weighted by Gasteiger charge is 2.15. The highest BCUT2D eigenvalue weighted by Crippen LogP contribution is 2.25. The van der Waals surface area contributed by atoms with Gasteiger partial charge in [-0.15, -0.1) is 0 Å². The Bertz CT molecular complexity index is 5110. The number of aromatic carboxylic acids is 1. The van der Waals surface area contributed by atoms with Crippen LogP contribution in [0.5, 0.6) is 63.2 Å². The lowest BCUT2D eigenvalue weighted by atomic mass is 10.0. The molecule has 0 aliphatic heterocycles. The topological polar surface area (TPSA) is 294 Å². The molecule has 12 aromatic rings. The number of carbonyl (C=O) groups is 6. The van der Waals surface area contributed by atoms with Crippen LogP contribution >= 0.6 is 15.9 Å². The summed E-state index contributed by atoms with van der Waals surface area (Å²) in [5, 5.41) is 36.9. The van der Waals surface area contributed by atoms with E-state index in [9.17, 15) is 33.9 Å². The Morgan fingerprint density at radius 3 is 0.779 bits per heavy atom. The van der Waals surface area contributed by atoms with Crippen molar-refractivity contribution < 1.29 is 107 Å². The van der Waals surface area contributed by atoms with Gasteiger partial charge in [-0.05, 0) is 313 Å². The molecule has 12 rings (SSSR count). The molecule has 12 aromatic carbocycles. The van der Waals surface area contributed by atoms with E-state index in [1.54, 1.807) is 158 Å². The van der Waals surface area contributed by atoms with Gasteiger partial charge in [0.05, 0.1) is 76.8 Å². The summed E-state index contributed by atoms with van der Waals surface area (Å²) < 4.78 is 63.1. The minimum absolute atomic E-state index is 0. The summed E-state index contributed by atoms with van der Waals surface area (Å²) in [5.41, 5.74) is 7.19. The van der Waals surface area contributed by atoms with Crippen LogP contribution in [0, 0.1) is 0 Å². The van der Waals surface area contributed by atoms with E-state index >= 15 is 0 Å². The molecule has 0 saturated heterocycles. The van der Waals surface area contributed by atoms with Crippen LogP contribution in [0.4, 0.5) is 0 Å². The molecule has 0 radical (unpaired) electrons. The van der Waals surface area contributed by atoms with Gasteiger partial charge in [-0.3, -0.25) is 14.4 Å². The monoisotopic (exact) mass is 1850 g/mol. The Balaban J connectivity index is 0.000000396. The molecule has 22 nitrogen and oxygen atoms in total. The van der Waals surface area contributed by atoms with Crippen molar-refractivity contribution in [3.05, 3.63) is 377 Å². The number of hydrogen-bond acceptors (Lipinski definition) is 21. The second-order valence-corrected chi connectivity index (χ2v) is 28.6. The molecule has 4 N–H and O–H groups in total. The van der Waals surface area contributed by atoms with Gasteiger partial charge in [0.15, 0.2) is 23.6 Å². The van der Waals surface area contributed by atoms with Gasteiger partial charge in [0, 0.05) is 46.7 Å². The van der Waals surface area contributed by atoms with Crippen LogP contribution in [-0.2, 0) is 32.2 Å². The third kappa shape index (κ3) is 45.4. The van der Waals surface area contributed by atoms with Gasteiger partial charge in [0.1, 0.15) is 76.5 Å². The first-order valence-corrected chi connectivity index (χ1v) is 44.3. The fourth-order valence-corrected chi connectivity index (χ4v) is 10.5. The number of benzene rings is 12. The zero-order valence-corrected chi connectivity index (χ0v) is 78.1. The summed E-state index contributed by atoms with van der Waals surface area (Å²) in [6.07, 6.45) is 7.14. The smallest absolute Gasteiger partial charge is 0.337 e. The van der Waals surface area contributed by atoms with E-state index in [-0.39, 0.29) is 53.8 Å². The van der Waals surface area contributed by atoms with E-state index in [4.69, 9.17) is 58.0 Å². The Morgan fingerprint density at radius 1 is 0.321 bits per heavy atom. The van der Waals surface area contributed by atoms with Crippen molar-refractivity contribution in [2.45, 2.75) is 120 Å². The summed E-state index contributed by atoms with van der Waals surface area (Å²) in [5.74, 6) is 4.80. The zero-order valence-electron chi connectivity index (χ0n) is 76.6. The minimum atomic E-state index is -0.915. The zero-order chi connectivity index (χ0) is 95.6. The first-order chi connectivity index (χ1) is 63.5. The van der Waals surface area contributed by atoms with Crippen LogP contribution in [0.15, 0.2) is 316 Å². The Kier molecular flexibility index (Phi) is 55.2. The first-order valence-electron chi connectivity index (χ1n) is 43.2. The van der Waals surface area contributed by atoms with Gasteiger partial charge >= 0.3 is 17.9 Å². The average molecular weight is 1860 g/mol. The minimum Gasteiger partial charge on any atom is -0.508 e. The number of methoxy groups -OCH3 is 2. The number of carboxylic acid groups (broad SMARTS) is 1. The molecular weight excluding hydrogens is 1730 g/mol. The molecular formula is C108H125BrO22. The number of phenols is 3. The average Bonchev–Trinajstić information content (AvgIpc) is 0.845. The third-order valence-corrected chi connectivity index (χ3v) is 18.0. The van der Waals surface area contributed by atoms with E-state index in [0.717, 1.165) is 89.7 Å². The number of ketones is 3. The fraction of sp³-hybridized carbons (Fsp3) is 0.259. The number of carbonyl (C=O) groups excluding carboxylic acids is 5. The molecule has 696 valence electrons. The van der Waals surface area contributed by atoms with Crippen molar-refractivity contribution in [1.82, 2.24) is 0 Å². The number of phenolic OH excluding ortho intramolecular Hbond substituents is 3. The maximum absolute atomic E-state index is 12.6. The number of aromatic hydroxyl groups is 3. The van der Waals surface area contributed by atoms with E-state index in [1.807, 2.05) is 139 Å². The maximum Gasteiger partial charge on any atom is 0.337 e. The molecule has 0 aromatic heterocycles. The predicted molar refractivity (Wildman–Crippen MR) is 520 cm³/mol. The highest BCUT2D eigenvalue weighted by molar-refractivity contribution is 9.09. The summed E-state index contributed by atoms with van der Waals surface area (Å²) in [4.78, 5) is 69.6. The van der Waals surface area contributed by atoms with Gasteiger partial charge in [-0.2, -0.15) is 0 Å². The van der Waals surface area contributed by atoms with Crippen molar-refractivity contribution >= 4 is 51.2 Å². The quantitative estimate of drug-likeness (QED) is 0.00925. The van der Waals surface area contributed by atoms with Crippen molar-refractivity contribution in [1.29, 1.82) is 0 Å². The van der Waals surface area contributed by atoms with Crippen LogP contribution < -0.4 is 37.9 Å². The number of ether oxygens (including phenoxy) is 12. The molecule has 0 saturated carbocycles. The molecule has 0 fully saturated rings. The number of halogens is 1. The predicted octanol–water partition coefficient (Wildman–Crippen LogP) is 25.0. The molecule has 0 bridgehead atoms. The highest BCUT2D eigenvalue weighted by atomic mass is 79.9. The number of rotatable bonds is 37. The standard InChI is InChI=1S/C23H22O3.C20H24O4.C16H16O3.C13H12O2.C11H14O3.C10H12O3.C8H8O3.C4H8O.C3H7Br.H2/c1-2-16-25-21-12-8-19(9-13-21)23(24)20-10-14-22(15-11-20)26-17-18-6-4-3-5-7-18;1-4-14-23-18-10-6-16(7-11-18)20(21)17-8-12-19(13-9-17)24-15(3)22-5-2;1-2-11-19-15-9-5-13(6-10-15)16(18)12-3-7-14(17)8-4-12;14-12-6-8-13(9-7-12)15-10-11-4-2-1-3-5-11;1-3-8-14-10-6-4-9(5-7-10)11(12)13-2;1-2-7-13-9-5-3-8(4-6-9)10(11)12;1-11-8(10)6-2-4-7(9)5-3-6;1-3-5-4-2;1-2-3-4;/h3-15H,2,16-17H2,1H3;6-13,15H,4-5,14H2,1-3H3;3-10,17H,2,11H2,1H3;1-9,14H,10H2;4-7H,3,8H2,1-2H3;3-6H,2,7H2,1H3,(H,11,12);2-5,9H,1H3;3H,1,4H2,2H3;2-3H2,1H3;1H. The Hall–Kier alpha value is -14.2. The largest absolute Gasteiger partial charge is 0.508 e. The lowest BCUT2D eigenvalue weighted by molar-refractivity contribution is -0.0613. The van der Waals surface area contributed by atoms with Crippen LogP contribution in [0.25, 0.3) is 0 Å². The molecule has 131 heavy (non-hydrogen) atoms. The van der Waals surface area contributed by atoms with Crippen LogP contribution in [0.1, 0.15) is 192 Å². The van der Waals surface area contributed by atoms with Crippen molar-refractivity contribution in [2.75, 3.05) is 65.8 Å². The number of alkyl halides is 1. The fourth-order valence-electron chi connectivity index (χ4n) is 10.5. The van der Waals surface area contributed by atoms with Gasteiger partial charge in [-0.1, -0.05) is 125 Å². The molecule has 0 aliphatic rings. The third-order valence-electron chi connectivity index (χ3n) is 17.3. The lowest BCUT2D eigenvalue weighted by Crippen LogP contribution is -2.15. The van der Waals surface area contributed by atoms with Crippen molar-refractivity contribution in [3.8, 4) is 63.2 Å². The molecule has 23 heteroatoms. The van der Waals surface area contributed by atoms with Crippen LogP contribution in [-0.4, -0.2) is 128 Å². The summed E-state index contributed by atoms with van der Waals surface area (Å²) in [7, 11) is 2.68. The number of esters is 2. The van der Waals surface area contributed by atoms with Crippen LogP contribution in [0.3, 0.4) is 0 Å². The lowest BCUT2D eigenvalue weighted by Gasteiger charge is -2.14. The van der Waals surface area contributed by atoms with Crippen LogP contribution in [0.2, 0.25) is 0 Å². The molecule has 0 heterocycles. The molecule has 0 amide bonds. The van der Waals surface area contributed by atoms with E-state index in [1.165, 1.54) is 75.4 Å². The summed E-state index contributed by atoms with van der Waals surface area (Å²) in [6, 6.07) is 88.0. The summed E-state index contributed by atoms with van der Waals surface area (Å²) in [6.45, 7) is 27.1. The van der Waals surface area contributed by atoms with Gasteiger partial charge in [-0.25, -0.2) is 14.4 Å². The van der Waals surface area contributed by atoms with E-state index < -0.39 is 11.9 Å². The Morgan fingerprint density at radius 2 is 0.550 bits per heavy atom. The molecule has 1 unspecified atom stereocenters. The SMILES string of the molecule is C=COCC.CCCBr.CCCOc1ccc(C(=O)O)cc1.CCCOc1ccc(C(=O)OC)cc1.CCCOc1ccc(C(=O)c2ccc(O)cc2)cc1.CCCOc1ccc(C(=O)c2ccc(OC(C)OCC)cc2)cc1.CCCOc1ccc(C(=O)c2ccc(OCc3ccccc3)cc2)cc1.COC(=O)c1ccc(O)cc1.Oc1ccc(OCc2ccccc2)cc1.[HH]. The Labute approximate surface area is 780 Å². The van der Waals surface area contributed by atoms with Crippen molar-refractivity contribution in [2.24, 2.45) is 0 Å². The van der Waals surface area contributed by atoms with Gasteiger partial charge in [0.2, 0.25) is 0 Å². The maximum atomic E-state index is 12.6. The number of carboxylic acids is 1. The van der Waals surface area contributed by atoms with Gasteiger partial charge < -0.3 is 77.3 Å². The second kappa shape index (κ2) is 66.3.